The molecule has 0 radical (unpaired) electrons. The van der Waals surface area contributed by atoms with Crippen molar-refractivity contribution < 1.29 is 0 Å². The van der Waals surface area contributed by atoms with Crippen molar-refractivity contribution in [3.05, 3.63) is 176 Å². The first-order chi connectivity index (χ1) is 26.2. The van der Waals surface area contributed by atoms with Gasteiger partial charge in [-0.25, -0.2) is 4.98 Å². The monoisotopic (exact) mass is 687 g/mol. The van der Waals surface area contributed by atoms with Crippen molar-refractivity contribution in [2.24, 2.45) is 0 Å². The first-order valence-electron chi connectivity index (χ1n) is 18.8. The molecule has 0 aliphatic heterocycles. The topological polar surface area (TPSA) is 30.7 Å². The smallest absolute Gasteiger partial charge is 0.106 e. The molecule has 8 heteroatoms. The van der Waals surface area contributed by atoms with E-state index in [1.54, 1.807) is 0 Å². The highest BCUT2D eigenvalue weighted by molar-refractivity contribution is 6.67. The highest BCUT2D eigenvalue weighted by Gasteiger charge is 2.38. The van der Waals surface area contributed by atoms with E-state index >= 15 is 0 Å². The number of imidazole rings is 1. The molecule has 0 atom stereocenters. The normalized spacial score (nSPS) is 12.1. The number of hydrogen-bond acceptors (Lipinski definition) is 2. The van der Waals surface area contributed by atoms with Gasteiger partial charge in [0.1, 0.15) is 21.5 Å². The Balaban J connectivity index is 1.22. The second-order valence-electron chi connectivity index (χ2n) is 15.9. The number of rotatable bonds is 7. The van der Waals surface area contributed by atoms with Crippen molar-refractivity contribution >= 4 is 71.8 Å². The summed E-state index contributed by atoms with van der Waals surface area (Å²) in [5, 5.41) is 4.73. The number of benzene rings is 7. The summed E-state index contributed by atoms with van der Waals surface area (Å²) in [5.41, 5.74) is 12.8. The molecular weight excluding hydrogens is 649 g/mol. The Morgan fingerprint density at radius 2 is 0.981 bits per heavy atom. The molecule has 7 aromatic carbocycles. The molecule has 0 saturated carbocycles. The number of fused-ring (bicyclic) bond motifs is 3. The minimum absolute atomic E-state index is 0.00928. The molecule has 0 aliphatic carbocycles. The van der Waals surface area contributed by atoms with E-state index in [1.165, 1.54) is 60.5 Å². The van der Waals surface area contributed by atoms with Gasteiger partial charge in [0.15, 0.2) is 0 Å². The van der Waals surface area contributed by atoms with Crippen LogP contribution in [-0.4, -0.2) is 53.8 Å². The second kappa shape index (κ2) is 13.1. The average molecular weight is 687 g/mol. The third-order valence-corrected chi connectivity index (χ3v) is 11.7. The molecule has 0 bridgehead atoms. The maximum atomic E-state index is 5.29. The van der Waals surface area contributed by atoms with Gasteiger partial charge in [0.05, 0.1) is 40.3 Å². The molecule has 0 spiro atoms. The van der Waals surface area contributed by atoms with Gasteiger partial charge in [-0.15, -0.1) is 5.11 Å². The summed E-state index contributed by atoms with van der Waals surface area (Å²) in [7, 11) is 11.6. The number of aromatic nitrogens is 3. The Labute approximate surface area is 321 Å². The molecule has 0 saturated heterocycles. The molecule has 0 N–H and O–H groups in total. The van der Waals surface area contributed by atoms with Crippen molar-refractivity contribution in [2.45, 2.75) is 10.3 Å². The van der Waals surface area contributed by atoms with E-state index in [0.717, 1.165) is 28.1 Å². The third kappa shape index (κ3) is 5.51. The van der Waals surface area contributed by atoms with E-state index in [4.69, 9.17) is 4.98 Å². The maximum Gasteiger partial charge on any atom is 0.106 e. The van der Waals surface area contributed by atoms with Crippen LogP contribution >= 0.6 is 0 Å². The quantitative estimate of drug-likeness (QED) is 0.137. The zero-order chi connectivity index (χ0) is 37.0. The van der Waals surface area contributed by atoms with Gasteiger partial charge in [-0.05, 0) is 84.4 Å². The molecule has 2 aromatic heterocycles. The van der Waals surface area contributed by atoms with Crippen molar-refractivity contribution in [2.75, 3.05) is 0 Å². The summed E-state index contributed by atoms with van der Waals surface area (Å²) in [6.07, 6.45) is 3.79. The van der Waals surface area contributed by atoms with Crippen LogP contribution < -0.4 is 0 Å². The first kappa shape index (κ1) is 33.8. The zero-order valence-corrected chi connectivity index (χ0v) is 31.5. The Morgan fingerprint density at radius 3 is 1.61 bits per heavy atom. The first-order valence-corrected chi connectivity index (χ1v) is 18.8. The molecule has 2 heterocycles. The Kier molecular flexibility index (Phi) is 8.23. The number of para-hydroxylation sites is 3. The van der Waals surface area contributed by atoms with Gasteiger partial charge in [-0.3, -0.25) is 9.55 Å². The predicted octanol–water partition coefficient (Wildman–Crippen LogP) is 6.79. The molecule has 3 nitrogen and oxygen atoms in total. The Hall–Kier alpha value is -6.00. The van der Waals surface area contributed by atoms with Crippen LogP contribution in [0.4, 0.5) is 0 Å². The molecule has 0 amide bonds. The maximum absolute atomic E-state index is 5.29. The summed E-state index contributed by atoms with van der Waals surface area (Å²) in [6.45, 7) is 0. The largest absolute Gasteiger partial charge is 0.296 e. The summed E-state index contributed by atoms with van der Waals surface area (Å²) >= 11 is 0. The summed E-state index contributed by atoms with van der Waals surface area (Å²) in [6, 6.07) is 57.1. The lowest BCUT2D eigenvalue weighted by Crippen LogP contribution is -2.45. The molecular formula is C46H38B5N3. The lowest BCUT2D eigenvalue weighted by molar-refractivity contribution is 0.757. The fraction of sp³-hybridized carbons (Fsp3) is 0.0435. The number of hydrogen-bond donors (Lipinski definition) is 0. The van der Waals surface area contributed by atoms with E-state index in [-0.39, 0.29) is 10.3 Å². The fourth-order valence-corrected chi connectivity index (χ4v) is 7.96. The molecule has 252 valence electrons. The van der Waals surface area contributed by atoms with Gasteiger partial charge in [0.2, 0.25) is 0 Å². The van der Waals surface area contributed by atoms with Gasteiger partial charge in [-0.1, -0.05) is 133 Å². The van der Waals surface area contributed by atoms with Crippen LogP contribution in [-0.2, 0) is 5.21 Å². The van der Waals surface area contributed by atoms with Crippen molar-refractivity contribution in [3.63, 3.8) is 0 Å². The standard InChI is InChI=1S/C46H38B5N3/c47-45(48,46(49,50)51)44-53-39-20-8-10-22-41(39)54(44)40-21-9-7-14-33(40)29-23-25-30(26-24-29)42-35-16-3-5-18-37(35)43(38-19-6-4-17-36(38)42)34-15-2-1-13-32(34)31-12-11-27-52-28-31/h1-28H,47-51H2. The van der Waals surface area contributed by atoms with Gasteiger partial charge in [0.25, 0.3) is 0 Å². The number of nitrogens with zero attached hydrogens (tertiary/aromatic N) is 3. The van der Waals surface area contributed by atoms with Gasteiger partial charge in [0, 0.05) is 23.5 Å². The minimum Gasteiger partial charge on any atom is -0.296 e. The van der Waals surface area contributed by atoms with Gasteiger partial charge < -0.3 is 0 Å². The van der Waals surface area contributed by atoms with Crippen molar-refractivity contribution in [3.8, 4) is 50.2 Å². The third-order valence-electron chi connectivity index (χ3n) is 11.7. The minimum atomic E-state index is -0.199. The Morgan fingerprint density at radius 1 is 0.444 bits per heavy atom. The molecule has 9 aromatic rings. The molecule has 0 fully saturated rings. The Bertz CT molecular complexity index is 2780. The van der Waals surface area contributed by atoms with Crippen LogP contribution in [0.15, 0.2) is 170 Å². The highest BCUT2D eigenvalue weighted by Crippen LogP contribution is 2.46. The second-order valence-corrected chi connectivity index (χ2v) is 15.9. The van der Waals surface area contributed by atoms with Crippen LogP contribution in [0.3, 0.4) is 0 Å². The van der Waals surface area contributed by atoms with E-state index in [2.05, 4.69) is 200 Å². The van der Waals surface area contributed by atoms with Gasteiger partial charge >= 0.3 is 0 Å². The van der Waals surface area contributed by atoms with Crippen LogP contribution in [0.25, 0.3) is 82.8 Å². The molecule has 0 unspecified atom stereocenters. The van der Waals surface area contributed by atoms with Crippen molar-refractivity contribution in [1.29, 1.82) is 0 Å². The van der Waals surface area contributed by atoms with Crippen LogP contribution in [0.2, 0.25) is 5.11 Å². The summed E-state index contributed by atoms with van der Waals surface area (Å²) in [4.78, 5) is 9.74. The zero-order valence-electron chi connectivity index (χ0n) is 31.5. The van der Waals surface area contributed by atoms with Crippen molar-refractivity contribution in [1.82, 2.24) is 14.5 Å². The SMILES string of the molecule is BC(B)(B)C(B)(B)c1nc2ccccc2n1-c1ccccc1-c1ccc(-c2c3ccccc3c(-c3ccccc3-c3cccnc3)c3ccccc23)cc1. The average Bonchev–Trinajstić information content (AvgIpc) is 3.60. The van der Waals surface area contributed by atoms with Gasteiger partial charge in [-0.2, -0.15) is 0 Å². The molecule has 9 rings (SSSR count). The fourth-order valence-electron chi connectivity index (χ4n) is 7.96. The van der Waals surface area contributed by atoms with E-state index in [0.29, 0.717) is 0 Å². The summed E-state index contributed by atoms with van der Waals surface area (Å²) < 4.78 is 2.40. The molecule has 0 aliphatic rings. The summed E-state index contributed by atoms with van der Waals surface area (Å²) in [5.74, 6) is 1.07. The lowest BCUT2D eigenvalue weighted by Gasteiger charge is -2.39. The molecule has 54 heavy (non-hydrogen) atoms. The van der Waals surface area contributed by atoms with Crippen LogP contribution in [0.1, 0.15) is 5.82 Å². The van der Waals surface area contributed by atoms with Crippen LogP contribution in [0.5, 0.6) is 0 Å². The van der Waals surface area contributed by atoms with E-state index in [1.807, 2.05) is 18.5 Å². The highest BCUT2D eigenvalue weighted by atomic mass is 15.1. The predicted molar refractivity (Wildman–Crippen MR) is 243 cm³/mol. The van der Waals surface area contributed by atoms with Crippen LogP contribution in [0, 0.1) is 0 Å². The van der Waals surface area contributed by atoms with E-state index in [9.17, 15) is 0 Å². The van der Waals surface area contributed by atoms with E-state index < -0.39 is 0 Å². The lowest BCUT2D eigenvalue weighted by atomic mass is 9.23. The number of pyridine rings is 1.